The van der Waals surface area contributed by atoms with E-state index in [9.17, 15) is 19.8 Å². The predicted octanol–water partition coefficient (Wildman–Crippen LogP) is -0.0524. The Kier molecular flexibility index (Phi) is 4.88. The molecule has 0 saturated carbocycles. The van der Waals surface area contributed by atoms with Crippen molar-refractivity contribution < 1.29 is 24.4 Å². The van der Waals surface area contributed by atoms with Crippen LogP contribution in [0.2, 0.25) is 0 Å². The molecule has 0 aliphatic carbocycles. The highest BCUT2D eigenvalue weighted by molar-refractivity contribution is 7.99. The number of amides is 1. The Labute approximate surface area is 151 Å². The number of thioether (sulfide) groups is 1. The van der Waals surface area contributed by atoms with Crippen LogP contribution in [0.3, 0.4) is 0 Å². The van der Waals surface area contributed by atoms with Gasteiger partial charge in [-0.25, -0.2) is 4.57 Å². The number of aliphatic hydroxyl groups excluding tert-OH is 1. The number of nitrogens with zero attached hydrogens (tertiary/aromatic N) is 2. The molecule has 0 spiro atoms. The summed E-state index contributed by atoms with van der Waals surface area (Å²) in [4.78, 5) is 26.2. The lowest BCUT2D eigenvalue weighted by atomic mass is 9.78. The van der Waals surface area contributed by atoms with Crippen molar-refractivity contribution in [2.24, 2.45) is 11.8 Å². The SMILES string of the molecule is CC[n+]1ccc(SCC2=C(C(=O)[O-])N3C(=O)[C@H]([C@@H](C)O)[C@H]3[C@H]2C)cc1. The molecule has 4 atom stereocenters. The molecular formula is C18H22N2O4S. The summed E-state index contributed by atoms with van der Waals surface area (Å²) in [6.45, 7) is 6.44. The molecule has 1 saturated heterocycles. The first kappa shape index (κ1) is 17.9. The summed E-state index contributed by atoms with van der Waals surface area (Å²) in [5.74, 6) is -1.81. The van der Waals surface area contributed by atoms with Crippen molar-refractivity contribution in [2.75, 3.05) is 5.75 Å². The van der Waals surface area contributed by atoms with Crippen LogP contribution in [0.25, 0.3) is 0 Å². The molecule has 134 valence electrons. The van der Waals surface area contributed by atoms with Crippen LogP contribution in [0.4, 0.5) is 0 Å². The quantitative estimate of drug-likeness (QED) is 0.436. The molecule has 1 aromatic heterocycles. The molecular weight excluding hydrogens is 340 g/mol. The van der Waals surface area contributed by atoms with Gasteiger partial charge >= 0.3 is 0 Å². The molecule has 3 heterocycles. The minimum atomic E-state index is -1.32. The Balaban J connectivity index is 1.81. The Morgan fingerprint density at radius 1 is 1.44 bits per heavy atom. The van der Waals surface area contributed by atoms with Crippen molar-refractivity contribution in [1.29, 1.82) is 0 Å². The van der Waals surface area contributed by atoms with Crippen LogP contribution in [-0.2, 0) is 16.1 Å². The molecule has 3 rings (SSSR count). The Bertz CT molecular complexity index is 729. The Morgan fingerprint density at radius 3 is 2.60 bits per heavy atom. The van der Waals surface area contributed by atoms with Gasteiger partial charge in [-0.2, -0.15) is 0 Å². The summed E-state index contributed by atoms with van der Waals surface area (Å²) in [7, 11) is 0. The van der Waals surface area contributed by atoms with Crippen LogP contribution in [-0.4, -0.2) is 39.8 Å². The van der Waals surface area contributed by atoms with Crippen molar-refractivity contribution in [2.45, 2.75) is 44.4 Å². The van der Waals surface area contributed by atoms with Gasteiger partial charge < -0.3 is 19.9 Å². The first-order valence-electron chi connectivity index (χ1n) is 8.44. The van der Waals surface area contributed by atoms with E-state index in [0.29, 0.717) is 11.3 Å². The number of carboxylic acid groups (broad SMARTS) is 1. The van der Waals surface area contributed by atoms with Crippen LogP contribution in [0.15, 0.2) is 40.7 Å². The minimum Gasteiger partial charge on any atom is -0.543 e. The van der Waals surface area contributed by atoms with E-state index in [-0.39, 0.29) is 23.6 Å². The number of aryl methyl sites for hydroxylation is 1. The van der Waals surface area contributed by atoms with Gasteiger partial charge in [0.15, 0.2) is 12.4 Å². The number of aliphatic carboxylic acids is 1. The summed E-state index contributed by atoms with van der Waals surface area (Å²) in [6, 6.07) is 3.70. The molecule has 0 aromatic carbocycles. The highest BCUT2D eigenvalue weighted by atomic mass is 32.2. The van der Waals surface area contributed by atoms with Crippen LogP contribution < -0.4 is 9.67 Å². The standard InChI is InChI=1S/C18H22N2O4S/c1-4-19-7-5-12(6-8-19)25-9-13-10(2)15-14(11(3)21)17(22)20(15)16(13)18(23)24/h5-8,10-11,14-15,21H,4,9H2,1-3H3/t10-,11+,14+,15+/m0/s1. The lowest BCUT2D eigenvalue weighted by Crippen LogP contribution is -2.64. The van der Waals surface area contributed by atoms with Crippen molar-refractivity contribution in [1.82, 2.24) is 4.90 Å². The lowest BCUT2D eigenvalue weighted by molar-refractivity contribution is -0.693. The van der Waals surface area contributed by atoms with E-state index < -0.39 is 18.0 Å². The number of hydrogen-bond donors (Lipinski definition) is 1. The molecule has 2 aliphatic heterocycles. The van der Waals surface area contributed by atoms with E-state index >= 15 is 0 Å². The van der Waals surface area contributed by atoms with Gasteiger partial charge in [0.1, 0.15) is 6.54 Å². The maximum Gasteiger partial charge on any atom is 0.235 e. The number of hydrogen-bond acceptors (Lipinski definition) is 5. The van der Waals surface area contributed by atoms with Crippen LogP contribution >= 0.6 is 11.8 Å². The monoisotopic (exact) mass is 362 g/mol. The van der Waals surface area contributed by atoms with Gasteiger partial charge in [0.05, 0.1) is 29.7 Å². The van der Waals surface area contributed by atoms with E-state index in [1.807, 2.05) is 36.0 Å². The van der Waals surface area contributed by atoms with Gasteiger partial charge in [-0.15, -0.1) is 11.8 Å². The second kappa shape index (κ2) is 6.80. The zero-order valence-corrected chi connectivity index (χ0v) is 15.3. The second-order valence-corrected chi connectivity index (χ2v) is 7.62. The topological polar surface area (TPSA) is 84.5 Å². The maximum atomic E-state index is 12.3. The summed E-state index contributed by atoms with van der Waals surface area (Å²) < 4.78 is 2.05. The fraction of sp³-hybridized carbons (Fsp3) is 0.500. The van der Waals surface area contributed by atoms with Gasteiger partial charge in [0.25, 0.3) is 0 Å². The Morgan fingerprint density at radius 2 is 2.08 bits per heavy atom. The van der Waals surface area contributed by atoms with E-state index in [2.05, 4.69) is 6.92 Å². The van der Waals surface area contributed by atoms with E-state index in [1.165, 1.54) is 4.90 Å². The number of pyridine rings is 1. The van der Waals surface area contributed by atoms with E-state index in [0.717, 1.165) is 11.4 Å². The van der Waals surface area contributed by atoms with Gasteiger partial charge in [0, 0.05) is 28.7 Å². The number of carboxylic acids is 1. The van der Waals surface area contributed by atoms with Crippen LogP contribution in [0, 0.1) is 11.8 Å². The third kappa shape index (κ3) is 2.95. The molecule has 1 fully saturated rings. The average molecular weight is 362 g/mol. The third-order valence-corrected chi connectivity index (χ3v) is 6.19. The summed E-state index contributed by atoms with van der Waals surface area (Å²) in [6.07, 6.45) is 3.17. The summed E-state index contributed by atoms with van der Waals surface area (Å²) >= 11 is 1.54. The number of fused-ring (bicyclic) bond motifs is 1. The summed E-state index contributed by atoms with van der Waals surface area (Å²) in [5, 5.41) is 21.5. The minimum absolute atomic E-state index is 0.00791. The first-order chi connectivity index (χ1) is 11.9. The first-order valence-corrected chi connectivity index (χ1v) is 9.42. The molecule has 0 bridgehead atoms. The smallest absolute Gasteiger partial charge is 0.235 e. The fourth-order valence-electron chi connectivity index (χ4n) is 3.74. The number of carbonyl (C=O) groups is 2. The number of aromatic nitrogens is 1. The number of carbonyl (C=O) groups excluding carboxylic acids is 2. The van der Waals surface area contributed by atoms with Gasteiger partial charge in [-0.1, -0.05) is 6.92 Å². The third-order valence-electron chi connectivity index (χ3n) is 5.13. The zero-order valence-electron chi connectivity index (χ0n) is 14.5. The van der Waals surface area contributed by atoms with E-state index in [1.54, 1.807) is 18.7 Å². The highest BCUT2D eigenvalue weighted by Gasteiger charge is 2.58. The average Bonchev–Trinajstić information content (AvgIpc) is 2.82. The molecule has 0 unspecified atom stereocenters. The molecule has 25 heavy (non-hydrogen) atoms. The highest BCUT2D eigenvalue weighted by Crippen LogP contribution is 2.47. The van der Waals surface area contributed by atoms with Crippen molar-refractivity contribution >= 4 is 23.6 Å². The molecule has 1 N–H and O–H groups in total. The molecule has 1 amide bonds. The van der Waals surface area contributed by atoms with Gasteiger partial charge in [0.2, 0.25) is 5.91 Å². The number of β-lactam (4-membered cyclic amide) rings is 1. The molecule has 2 aliphatic rings. The summed E-state index contributed by atoms with van der Waals surface area (Å²) in [5.41, 5.74) is 0.699. The zero-order chi connectivity index (χ0) is 18.3. The van der Waals surface area contributed by atoms with Gasteiger partial charge in [-0.3, -0.25) is 4.79 Å². The second-order valence-electron chi connectivity index (χ2n) is 6.57. The maximum absolute atomic E-state index is 12.3. The predicted molar refractivity (Wildman–Crippen MR) is 90.0 cm³/mol. The molecule has 6 nitrogen and oxygen atoms in total. The molecule has 7 heteroatoms. The molecule has 0 radical (unpaired) electrons. The number of rotatable bonds is 6. The largest absolute Gasteiger partial charge is 0.543 e. The van der Waals surface area contributed by atoms with Crippen molar-refractivity contribution in [3.05, 3.63) is 35.8 Å². The van der Waals surface area contributed by atoms with Gasteiger partial charge in [-0.05, 0) is 19.4 Å². The fourth-order valence-corrected chi connectivity index (χ4v) is 4.77. The van der Waals surface area contributed by atoms with Crippen LogP contribution in [0.1, 0.15) is 20.8 Å². The Hall–Kier alpha value is -1.86. The van der Waals surface area contributed by atoms with Crippen molar-refractivity contribution in [3.63, 3.8) is 0 Å². The number of aliphatic hydroxyl groups is 1. The molecule has 1 aromatic rings. The van der Waals surface area contributed by atoms with Crippen LogP contribution in [0.5, 0.6) is 0 Å². The normalized spacial score (nSPS) is 26.5. The lowest BCUT2D eigenvalue weighted by Gasteiger charge is -2.47. The van der Waals surface area contributed by atoms with E-state index in [4.69, 9.17) is 0 Å². The van der Waals surface area contributed by atoms with Crippen molar-refractivity contribution in [3.8, 4) is 0 Å².